The maximum absolute atomic E-state index is 12.4. The highest BCUT2D eigenvalue weighted by Crippen LogP contribution is 2.38. The fourth-order valence-electron chi connectivity index (χ4n) is 4.37. The molecule has 186 valence electrons. The van der Waals surface area contributed by atoms with Crippen LogP contribution in [0.25, 0.3) is 0 Å². The summed E-state index contributed by atoms with van der Waals surface area (Å²) in [5.74, 6) is -0.688. The molecule has 9 nitrogen and oxygen atoms in total. The molecule has 4 rings (SSSR count). The van der Waals surface area contributed by atoms with Gasteiger partial charge in [-0.15, -0.1) is 4.40 Å². The van der Waals surface area contributed by atoms with Gasteiger partial charge in [-0.1, -0.05) is 45.0 Å². The molecule has 1 heterocycles. The zero-order valence-electron chi connectivity index (χ0n) is 20.6. The van der Waals surface area contributed by atoms with Gasteiger partial charge < -0.3 is 15.3 Å². The Morgan fingerprint density at radius 1 is 1.17 bits per heavy atom. The largest absolute Gasteiger partial charge is 0.505 e. The average Bonchev–Trinajstić information content (AvgIpc) is 3.34. The molecule has 0 radical (unpaired) electrons. The van der Waals surface area contributed by atoms with Gasteiger partial charge >= 0.3 is 10.2 Å². The summed E-state index contributed by atoms with van der Waals surface area (Å²) in [4.78, 5) is 18.5. The van der Waals surface area contributed by atoms with Crippen LogP contribution in [-0.2, 0) is 23.1 Å². The van der Waals surface area contributed by atoms with Gasteiger partial charge in [0.1, 0.15) is 0 Å². The number of benzene rings is 2. The van der Waals surface area contributed by atoms with Gasteiger partial charge in [-0.3, -0.25) is 9.79 Å². The number of aliphatic imine (C=N–C) groups is 1. The first-order valence-corrected chi connectivity index (χ1v) is 12.9. The van der Waals surface area contributed by atoms with E-state index in [4.69, 9.17) is 4.99 Å². The van der Waals surface area contributed by atoms with Crippen molar-refractivity contribution in [3.8, 4) is 5.75 Å². The zero-order chi connectivity index (χ0) is 25.5. The van der Waals surface area contributed by atoms with Gasteiger partial charge in [0.05, 0.1) is 17.3 Å². The lowest BCUT2D eigenvalue weighted by Gasteiger charge is -2.29. The number of carbonyl (C=O) groups is 1. The highest BCUT2D eigenvalue weighted by Gasteiger charge is 2.33. The van der Waals surface area contributed by atoms with Gasteiger partial charge in [-0.05, 0) is 53.5 Å². The van der Waals surface area contributed by atoms with Crippen molar-refractivity contribution in [2.24, 2.45) is 14.8 Å². The van der Waals surface area contributed by atoms with Gasteiger partial charge in [0.2, 0.25) is 0 Å². The lowest BCUT2D eigenvalue weighted by molar-refractivity contribution is 0.0824. The molecule has 1 amide bonds. The third-order valence-electron chi connectivity index (χ3n) is 6.10. The van der Waals surface area contributed by atoms with Gasteiger partial charge in [0.25, 0.3) is 5.91 Å². The molecule has 1 unspecified atom stereocenters. The molecule has 0 bridgehead atoms. The maximum atomic E-state index is 12.4. The Balaban J connectivity index is 1.72. The molecular formula is C25H31N5O4S. The summed E-state index contributed by atoms with van der Waals surface area (Å²) in [7, 11) is -0.854. The summed E-state index contributed by atoms with van der Waals surface area (Å²) < 4.78 is 30.9. The minimum atomic E-state index is -4.01. The van der Waals surface area contributed by atoms with E-state index in [1.165, 1.54) is 28.2 Å². The lowest BCUT2D eigenvalue weighted by Crippen LogP contribution is -2.32. The Morgan fingerprint density at radius 3 is 2.57 bits per heavy atom. The molecule has 1 aliphatic carbocycles. The van der Waals surface area contributed by atoms with Crippen LogP contribution in [0.3, 0.4) is 0 Å². The average molecular weight is 498 g/mol. The molecule has 10 heteroatoms. The Labute approximate surface area is 206 Å². The number of amidine groups is 2. The van der Waals surface area contributed by atoms with Crippen LogP contribution in [0.2, 0.25) is 0 Å². The van der Waals surface area contributed by atoms with Crippen LogP contribution < -0.4 is 10.0 Å². The Hall–Kier alpha value is -3.40. The molecule has 3 N–H and O–H groups in total. The molecule has 2 aromatic carbocycles. The number of rotatable bonds is 4. The van der Waals surface area contributed by atoms with Crippen molar-refractivity contribution in [1.29, 1.82) is 0 Å². The molecule has 2 aliphatic rings. The Morgan fingerprint density at radius 2 is 1.89 bits per heavy atom. The standard InChI is InChI=1S/C25H31N5O4S/c1-25(2,3)21(17-13-12-15-8-6-9-16(15)14-17)27-23-22(28-35(33,34)29-23)26-19-11-7-10-18(20(19)31)24(32)30(4)5/h7,10-14,21,31H,6,8-9H2,1-5H3,(H,26,28)(H,27,29). The number of hydrogen-bond acceptors (Lipinski definition) is 6. The van der Waals surface area contributed by atoms with E-state index in [0.29, 0.717) is 0 Å². The fourth-order valence-corrected chi connectivity index (χ4v) is 5.18. The topological polar surface area (TPSA) is 123 Å². The minimum absolute atomic E-state index is 0.0502. The van der Waals surface area contributed by atoms with Gasteiger partial charge in [-0.2, -0.15) is 8.42 Å². The third kappa shape index (κ3) is 5.17. The van der Waals surface area contributed by atoms with E-state index in [1.807, 2.05) is 20.8 Å². The quantitative estimate of drug-likeness (QED) is 0.559. The molecule has 0 saturated carbocycles. The lowest BCUT2D eigenvalue weighted by atomic mass is 9.82. The molecule has 35 heavy (non-hydrogen) atoms. The maximum Gasteiger partial charge on any atom is 0.345 e. The summed E-state index contributed by atoms with van der Waals surface area (Å²) in [6.45, 7) is 6.14. The van der Waals surface area contributed by atoms with Crippen LogP contribution in [0.15, 0.2) is 45.8 Å². The van der Waals surface area contributed by atoms with Crippen molar-refractivity contribution >= 4 is 33.5 Å². The number of aromatic hydroxyl groups is 1. The summed E-state index contributed by atoms with van der Waals surface area (Å²) in [5.41, 5.74) is 3.56. The predicted octanol–water partition coefficient (Wildman–Crippen LogP) is 3.43. The minimum Gasteiger partial charge on any atom is -0.505 e. The van der Waals surface area contributed by atoms with Crippen molar-refractivity contribution in [1.82, 2.24) is 9.62 Å². The summed E-state index contributed by atoms with van der Waals surface area (Å²) in [5, 5.41) is 13.5. The van der Waals surface area contributed by atoms with Crippen LogP contribution in [0.5, 0.6) is 5.75 Å². The van der Waals surface area contributed by atoms with Crippen LogP contribution in [0.4, 0.5) is 5.69 Å². The SMILES string of the molecule is CN(C)C(=O)c1cccc(NC2=NS(=O)(=O)NC2=NC(c2ccc3c(c2)CCC3)C(C)(C)C)c1O. The first-order chi connectivity index (χ1) is 16.4. The molecule has 2 aromatic rings. The van der Waals surface area contributed by atoms with Crippen LogP contribution in [0.1, 0.15) is 60.3 Å². The smallest absolute Gasteiger partial charge is 0.345 e. The van der Waals surface area contributed by atoms with E-state index in [2.05, 4.69) is 32.6 Å². The van der Waals surface area contributed by atoms with E-state index in [1.54, 1.807) is 20.2 Å². The summed E-state index contributed by atoms with van der Waals surface area (Å²) >= 11 is 0. The highest BCUT2D eigenvalue weighted by molar-refractivity contribution is 7.89. The number of fused-ring (bicyclic) bond motifs is 1. The van der Waals surface area contributed by atoms with Crippen molar-refractivity contribution in [2.45, 2.75) is 46.1 Å². The zero-order valence-corrected chi connectivity index (χ0v) is 21.4. The molecule has 1 atom stereocenters. The van der Waals surface area contributed by atoms with Crippen molar-refractivity contribution in [3.05, 3.63) is 58.7 Å². The Kier molecular flexibility index (Phi) is 6.35. The van der Waals surface area contributed by atoms with Gasteiger partial charge in [0, 0.05) is 14.1 Å². The first-order valence-electron chi connectivity index (χ1n) is 11.5. The molecule has 1 aliphatic heterocycles. The number of nitrogens with zero attached hydrogens (tertiary/aromatic N) is 3. The Bertz CT molecular complexity index is 1340. The van der Waals surface area contributed by atoms with E-state index in [9.17, 15) is 18.3 Å². The number of phenolic OH excluding ortho intramolecular Hbond substituents is 1. The molecule has 0 saturated heterocycles. The second kappa shape index (κ2) is 8.99. The van der Waals surface area contributed by atoms with Crippen molar-refractivity contribution in [2.75, 3.05) is 19.4 Å². The second-order valence-electron chi connectivity index (χ2n) is 10.2. The third-order valence-corrected chi connectivity index (χ3v) is 6.98. The number of carbonyl (C=O) groups excluding carboxylic acids is 1. The van der Waals surface area contributed by atoms with Gasteiger partial charge in [-0.25, -0.2) is 4.72 Å². The number of aryl methyl sites for hydroxylation is 2. The number of nitrogens with one attached hydrogen (secondary N) is 2. The summed E-state index contributed by atoms with van der Waals surface area (Å²) in [6.07, 6.45) is 3.23. The number of hydrogen-bond donors (Lipinski definition) is 3. The van der Waals surface area contributed by atoms with E-state index in [-0.39, 0.29) is 46.0 Å². The van der Waals surface area contributed by atoms with E-state index in [0.717, 1.165) is 24.8 Å². The first kappa shape index (κ1) is 24.7. The normalized spacial score (nSPS) is 18.5. The number of anilines is 1. The monoisotopic (exact) mass is 497 g/mol. The van der Waals surface area contributed by atoms with Crippen LogP contribution >= 0.6 is 0 Å². The van der Waals surface area contributed by atoms with Crippen LogP contribution in [0, 0.1) is 5.41 Å². The molecular weight excluding hydrogens is 466 g/mol. The second-order valence-corrected chi connectivity index (χ2v) is 11.5. The molecule has 0 spiro atoms. The number of amides is 1. The number of para-hydroxylation sites is 1. The van der Waals surface area contributed by atoms with E-state index < -0.39 is 10.2 Å². The fraction of sp³-hybridized carbons (Fsp3) is 0.400. The van der Waals surface area contributed by atoms with E-state index >= 15 is 0 Å². The van der Waals surface area contributed by atoms with Crippen LogP contribution in [-0.4, -0.2) is 50.1 Å². The van der Waals surface area contributed by atoms with Crippen molar-refractivity contribution < 1.29 is 18.3 Å². The highest BCUT2D eigenvalue weighted by atomic mass is 32.2. The van der Waals surface area contributed by atoms with Crippen molar-refractivity contribution in [3.63, 3.8) is 0 Å². The predicted molar refractivity (Wildman–Crippen MR) is 137 cm³/mol. The summed E-state index contributed by atoms with van der Waals surface area (Å²) in [6, 6.07) is 10.6. The molecule has 0 fully saturated rings. The van der Waals surface area contributed by atoms with Gasteiger partial charge in [0.15, 0.2) is 17.4 Å². The molecule has 0 aromatic heterocycles. The number of phenols is 1.